The van der Waals surface area contributed by atoms with Gasteiger partial charge >= 0.3 is 5.97 Å². The van der Waals surface area contributed by atoms with Gasteiger partial charge in [-0.3, -0.25) is 4.79 Å². The molecule has 4 atom stereocenters. The Kier molecular flexibility index (Phi) is 2.74. The molecule has 0 radical (unpaired) electrons. The van der Waals surface area contributed by atoms with Gasteiger partial charge in [0, 0.05) is 25.4 Å². The molecule has 0 saturated carbocycles. The molecule has 0 aliphatic carbocycles. The lowest BCUT2D eigenvalue weighted by atomic mass is 9.80. The minimum absolute atomic E-state index is 0.132. The second kappa shape index (κ2) is 3.87. The van der Waals surface area contributed by atoms with Crippen LogP contribution in [0.25, 0.3) is 0 Å². The summed E-state index contributed by atoms with van der Waals surface area (Å²) in [6.45, 7) is 1.93. The molecule has 0 unspecified atom stereocenters. The van der Waals surface area contributed by atoms with Crippen molar-refractivity contribution in [2.75, 3.05) is 13.2 Å². The molecule has 2 aliphatic rings. The fraction of sp³-hybridized carbons (Fsp3) is 0.900. The Morgan fingerprint density at radius 2 is 2.07 bits per heavy atom. The predicted molar refractivity (Wildman–Crippen MR) is 48.6 cm³/mol. The van der Waals surface area contributed by atoms with Crippen LogP contribution in [-0.4, -0.2) is 36.5 Å². The van der Waals surface area contributed by atoms with Crippen LogP contribution in [-0.2, 0) is 14.3 Å². The number of aliphatic hydroxyl groups excluding tert-OH is 1. The summed E-state index contributed by atoms with van der Waals surface area (Å²) in [6.07, 6.45) is 2.45. The monoisotopic (exact) mass is 200 g/mol. The van der Waals surface area contributed by atoms with Gasteiger partial charge in [-0.2, -0.15) is 0 Å². The van der Waals surface area contributed by atoms with Gasteiger partial charge < -0.3 is 14.6 Å². The average Bonchev–Trinajstić information content (AvgIpc) is 2.72. The molecule has 80 valence electrons. The number of esters is 1. The first-order valence-electron chi connectivity index (χ1n) is 5.12. The maximum absolute atomic E-state index is 10.7. The fourth-order valence-corrected chi connectivity index (χ4v) is 2.57. The van der Waals surface area contributed by atoms with Crippen molar-refractivity contribution in [3.8, 4) is 0 Å². The summed E-state index contributed by atoms with van der Waals surface area (Å²) in [4.78, 5) is 10.7. The van der Waals surface area contributed by atoms with E-state index in [4.69, 9.17) is 9.47 Å². The SMILES string of the molecule is CC(=O)OC[C@H]1[C@@H](CO)[C@@H]2CC[C@H]1O2. The molecule has 2 fully saturated rings. The summed E-state index contributed by atoms with van der Waals surface area (Å²) in [7, 11) is 0. The standard InChI is InChI=1S/C10H16O4/c1-6(12)13-5-8-7(4-11)9-2-3-10(8)14-9/h7-11H,2-5H2,1H3/t7-,8+,9+,10-/m1/s1. The van der Waals surface area contributed by atoms with Crippen LogP contribution in [0.5, 0.6) is 0 Å². The number of fused-ring (bicyclic) bond motifs is 2. The van der Waals surface area contributed by atoms with Crippen LogP contribution >= 0.6 is 0 Å². The van der Waals surface area contributed by atoms with Gasteiger partial charge in [0.25, 0.3) is 0 Å². The molecular formula is C10H16O4. The molecule has 2 bridgehead atoms. The zero-order chi connectivity index (χ0) is 10.1. The molecule has 1 N–H and O–H groups in total. The molecule has 2 saturated heterocycles. The Balaban J connectivity index is 1.93. The van der Waals surface area contributed by atoms with Crippen LogP contribution < -0.4 is 0 Å². The summed E-state index contributed by atoms with van der Waals surface area (Å²) in [5, 5.41) is 9.20. The van der Waals surface area contributed by atoms with Crippen LogP contribution in [0.15, 0.2) is 0 Å². The van der Waals surface area contributed by atoms with Gasteiger partial charge in [0.2, 0.25) is 0 Å². The Morgan fingerprint density at radius 3 is 2.64 bits per heavy atom. The van der Waals surface area contributed by atoms with Crippen molar-refractivity contribution in [2.45, 2.75) is 32.0 Å². The van der Waals surface area contributed by atoms with E-state index >= 15 is 0 Å². The van der Waals surface area contributed by atoms with Crippen LogP contribution in [0.1, 0.15) is 19.8 Å². The minimum Gasteiger partial charge on any atom is -0.465 e. The second-order valence-electron chi connectivity index (χ2n) is 4.10. The molecule has 2 heterocycles. The molecule has 4 heteroatoms. The van der Waals surface area contributed by atoms with E-state index in [9.17, 15) is 9.90 Å². The molecule has 0 spiro atoms. The summed E-state index contributed by atoms with van der Waals surface area (Å²) in [5.74, 6) is 0.0974. The quantitative estimate of drug-likeness (QED) is 0.667. The second-order valence-corrected chi connectivity index (χ2v) is 4.10. The third-order valence-electron chi connectivity index (χ3n) is 3.28. The molecule has 14 heavy (non-hydrogen) atoms. The maximum Gasteiger partial charge on any atom is 0.302 e. The van der Waals surface area contributed by atoms with Gasteiger partial charge in [-0.1, -0.05) is 0 Å². The maximum atomic E-state index is 10.7. The predicted octanol–water partition coefficient (Wildman–Crippen LogP) is 0.335. The number of carbonyl (C=O) groups excluding carboxylic acids is 1. The highest BCUT2D eigenvalue weighted by Gasteiger charge is 2.48. The van der Waals surface area contributed by atoms with E-state index < -0.39 is 0 Å². The number of ether oxygens (including phenoxy) is 2. The van der Waals surface area contributed by atoms with Crippen molar-refractivity contribution < 1.29 is 19.4 Å². The summed E-state index contributed by atoms with van der Waals surface area (Å²) in [6, 6.07) is 0. The lowest BCUT2D eigenvalue weighted by Crippen LogP contribution is -2.33. The minimum atomic E-state index is -0.260. The van der Waals surface area contributed by atoms with Crippen LogP contribution in [0, 0.1) is 11.8 Å². The number of hydrogen-bond acceptors (Lipinski definition) is 4. The topological polar surface area (TPSA) is 55.8 Å². The van der Waals surface area contributed by atoms with Crippen molar-refractivity contribution in [1.82, 2.24) is 0 Å². The third-order valence-corrected chi connectivity index (χ3v) is 3.28. The van der Waals surface area contributed by atoms with E-state index in [2.05, 4.69) is 0 Å². The Hall–Kier alpha value is -0.610. The van der Waals surface area contributed by atoms with Gasteiger partial charge in [-0.05, 0) is 12.8 Å². The molecule has 2 aliphatic heterocycles. The average molecular weight is 200 g/mol. The van der Waals surface area contributed by atoms with Crippen molar-refractivity contribution in [3.63, 3.8) is 0 Å². The van der Waals surface area contributed by atoms with Crippen LogP contribution in [0.4, 0.5) is 0 Å². The van der Waals surface area contributed by atoms with Crippen molar-refractivity contribution >= 4 is 5.97 Å². The third kappa shape index (κ3) is 1.64. The van der Waals surface area contributed by atoms with Gasteiger partial charge in [0.05, 0.1) is 18.8 Å². The Labute approximate surface area is 83.2 Å². The number of carbonyl (C=O) groups is 1. The van der Waals surface area contributed by atoms with E-state index in [-0.39, 0.29) is 36.6 Å². The molecule has 0 aromatic heterocycles. The lowest BCUT2D eigenvalue weighted by molar-refractivity contribution is -0.143. The van der Waals surface area contributed by atoms with Crippen LogP contribution in [0.2, 0.25) is 0 Å². The summed E-state index contributed by atoms with van der Waals surface area (Å²) < 4.78 is 10.6. The molecular weight excluding hydrogens is 184 g/mol. The van der Waals surface area contributed by atoms with Gasteiger partial charge in [-0.15, -0.1) is 0 Å². The first-order chi connectivity index (χ1) is 6.72. The van der Waals surface area contributed by atoms with Crippen molar-refractivity contribution in [1.29, 1.82) is 0 Å². The van der Waals surface area contributed by atoms with Gasteiger partial charge in [0.1, 0.15) is 0 Å². The molecule has 4 nitrogen and oxygen atoms in total. The first kappa shape index (κ1) is 9.93. The first-order valence-corrected chi connectivity index (χ1v) is 5.12. The Bertz CT molecular complexity index is 228. The number of rotatable bonds is 3. The largest absolute Gasteiger partial charge is 0.465 e. The summed E-state index contributed by atoms with van der Waals surface area (Å²) >= 11 is 0. The van der Waals surface area contributed by atoms with E-state index in [0.717, 1.165) is 12.8 Å². The Morgan fingerprint density at radius 1 is 1.43 bits per heavy atom. The van der Waals surface area contributed by atoms with Crippen molar-refractivity contribution in [3.05, 3.63) is 0 Å². The van der Waals surface area contributed by atoms with E-state index in [0.29, 0.717) is 6.61 Å². The van der Waals surface area contributed by atoms with Gasteiger partial charge in [0.15, 0.2) is 0 Å². The lowest BCUT2D eigenvalue weighted by Gasteiger charge is -2.25. The van der Waals surface area contributed by atoms with Gasteiger partial charge in [-0.25, -0.2) is 0 Å². The number of hydrogen-bond donors (Lipinski definition) is 1. The van der Waals surface area contributed by atoms with E-state index in [1.54, 1.807) is 0 Å². The highest BCUT2D eigenvalue weighted by Crippen LogP contribution is 2.43. The molecule has 2 rings (SSSR count). The molecule has 0 amide bonds. The highest BCUT2D eigenvalue weighted by atomic mass is 16.5. The molecule has 0 aromatic rings. The highest BCUT2D eigenvalue weighted by molar-refractivity contribution is 5.65. The summed E-state index contributed by atoms with van der Waals surface area (Å²) in [5.41, 5.74) is 0. The molecule has 0 aromatic carbocycles. The van der Waals surface area contributed by atoms with E-state index in [1.165, 1.54) is 6.92 Å². The zero-order valence-electron chi connectivity index (χ0n) is 8.31. The van der Waals surface area contributed by atoms with Crippen LogP contribution in [0.3, 0.4) is 0 Å². The zero-order valence-corrected chi connectivity index (χ0v) is 8.31. The smallest absolute Gasteiger partial charge is 0.302 e. The van der Waals surface area contributed by atoms with E-state index in [1.807, 2.05) is 0 Å². The fourth-order valence-electron chi connectivity index (χ4n) is 2.57. The number of aliphatic hydroxyl groups is 1. The normalized spacial score (nSPS) is 40.1. The van der Waals surface area contributed by atoms with Crippen molar-refractivity contribution in [2.24, 2.45) is 11.8 Å².